The second-order valence-electron chi connectivity index (χ2n) is 4.15. The number of carbonyl (C=O) groups excluding carboxylic acids is 1. The average Bonchev–Trinajstić information content (AvgIpc) is 2.31. The molecule has 1 saturated heterocycles. The molecule has 0 aromatic heterocycles. The molecule has 1 aromatic carbocycles. The Balaban J connectivity index is 2.26. The van der Waals surface area contributed by atoms with Gasteiger partial charge in [-0.1, -0.05) is 11.6 Å². The third-order valence-corrected chi connectivity index (χ3v) is 3.21. The van der Waals surface area contributed by atoms with E-state index in [2.05, 4.69) is 0 Å². The van der Waals surface area contributed by atoms with E-state index in [4.69, 9.17) is 21.6 Å². The number of rotatable bonds is 2. The topological polar surface area (TPSA) is 53.3 Å². The highest BCUT2D eigenvalue weighted by molar-refractivity contribution is 6.31. The second-order valence-corrected chi connectivity index (χ2v) is 4.56. The average molecular weight is 269 g/mol. The molecule has 94 valence electrons. The summed E-state index contributed by atoms with van der Waals surface area (Å²) in [7, 11) is 1.52. The molecule has 2 rings (SSSR count). The van der Waals surface area contributed by atoms with Crippen LogP contribution in [0.3, 0.4) is 0 Å². The van der Waals surface area contributed by atoms with E-state index in [-0.39, 0.29) is 24.1 Å². The number of nitrogens with zero attached hydrogens (tertiary/aromatic N) is 2. The highest BCUT2D eigenvalue weighted by atomic mass is 35.5. The number of amides is 1. The zero-order chi connectivity index (χ0) is 13.3. The highest BCUT2D eigenvalue weighted by Crippen LogP contribution is 2.31. The summed E-state index contributed by atoms with van der Waals surface area (Å²) in [4.78, 5) is 13.5. The van der Waals surface area contributed by atoms with Gasteiger partial charge in [-0.15, -0.1) is 0 Å². The van der Waals surface area contributed by atoms with Gasteiger partial charge in [0.05, 0.1) is 24.3 Å². The third kappa shape index (κ3) is 1.94. The predicted molar refractivity (Wildman–Crippen MR) is 63.7 cm³/mol. The van der Waals surface area contributed by atoms with Gasteiger partial charge >= 0.3 is 0 Å². The van der Waals surface area contributed by atoms with Crippen LogP contribution in [0, 0.1) is 22.6 Å². The summed E-state index contributed by atoms with van der Waals surface area (Å²) in [6.07, 6.45) is 0. The molecule has 1 heterocycles. The summed E-state index contributed by atoms with van der Waals surface area (Å²) in [5, 5.41) is 8.97. The van der Waals surface area contributed by atoms with E-state index in [1.54, 1.807) is 0 Å². The lowest BCUT2D eigenvalue weighted by molar-refractivity contribution is -0.146. The van der Waals surface area contributed by atoms with Gasteiger partial charge in [-0.05, 0) is 18.2 Å². The lowest BCUT2D eigenvalue weighted by atomic mass is 9.86. The molecule has 0 saturated carbocycles. The van der Waals surface area contributed by atoms with Crippen LogP contribution in [0.15, 0.2) is 18.2 Å². The number of nitriles is 1. The number of benzene rings is 1. The molecule has 0 atom stereocenters. The first kappa shape index (κ1) is 12.8. The van der Waals surface area contributed by atoms with E-state index >= 15 is 0 Å². The summed E-state index contributed by atoms with van der Waals surface area (Å²) in [5.74, 6) is -0.929. The molecule has 4 nitrogen and oxygen atoms in total. The number of carbonyl (C=O) groups is 1. The molecule has 0 aliphatic carbocycles. The van der Waals surface area contributed by atoms with E-state index in [0.717, 1.165) is 0 Å². The Morgan fingerprint density at radius 3 is 2.72 bits per heavy atom. The van der Waals surface area contributed by atoms with Crippen molar-refractivity contribution in [3.63, 3.8) is 0 Å². The summed E-state index contributed by atoms with van der Waals surface area (Å²) in [5.41, 5.74) is -0.691. The Morgan fingerprint density at radius 1 is 1.61 bits per heavy atom. The van der Waals surface area contributed by atoms with Crippen molar-refractivity contribution in [2.24, 2.45) is 5.41 Å². The van der Waals surface area contributed by atoms with Crippen molar-refractivity contribution in [3.8, 4) is 6.07 Å². The zero-order valence-electron chi connectivity index (χ0n) is 9.61. The van der Waals surface area contributed by atoms with Gasteiger partial charge in [-0.25, -0.2) is 4.39 Å². The number of hydrogen-bond acceptors (Lipinski definition) is 3. The molecule has 0 radical (unpaired) electrons. The first-order valence-corrected chi connectivity index (χ1v) is 5.60. The van der Waals surface area contributed by atoms with E-state index in [9.17, 15) is 9.18 Å². The van der Waals surface area contributed by atoms with Crippen molar-refractivity contribution < 1.29 is 13.9 Å². The smallest absolute Gasteiger partial charge is 0.252 e. The molecule has 18 heavy (non-hydrogen) atoms. The zero-order valence-corrected chi connectivity index (χ0v) is 10.4. The fourth-order valence-corrected chi connectivity index (χ4v) is 1.85. The summed E-state index contributed by atoms with van der Waals surface area (Å²) < 4.78 is 18.0. The third-order valence-electron chi connectivity index (χ3n) is 2.92. The number of halogens is 2. The van der Waals surface area contributed by atoms with Crippen LogP contribution in [0.5, 0.6) is 0 Å². The van der Waals surface area contributed by atoms with Gasteiger partial charge in [0.1, 0.15) is 5.82 Å². The van der Waals surface area contributed by atoms with E-state index in [0.29, 0.717) is 5.69 Å². The first-order valence-electron chi connectivity index (χ1n) is 5.22. The quantitative estimate of drug-likeness (QED) is 0.824. The van der Waals surface area contributed by atoms with Crippen molar-refractivity contribution >= 4 is 23.2 Å². The van der Waals surface area contributed by atoms with Crippen molar-refractivity contribution in [1.82, 2.24) is 0 Å². The summed E-state index contributed by atoms with van der Waals surface area (Å²) in [6, 6.07) is 5.93. The van der Waals surface area contributed by atoms with E-state index in [1.807, 2.05) is 6.07 Å². The number of hydrogen-bond donors (Lipinski definition) is 0. The summed E-state index contributed by atoms with van der Waals surface area (Å²) in [6.45, 7) is 0.170. The van der Waals surface area contributed by atoms with Gasteiger partial charge in [0.2, 0.25) is 0 Å². The number of ether oxygens (including phenoxy) is 1. The molecule has 1 amide bonds. The minimum atomic E-state index is -1.13. The molecule has 0 N–H and O–H groups in total. The molecule has 0 bridgehead atoms. The van der Waals surface area contributed by atoms with Crippen LogP contribution < -0.4 is 4.90 Å². The van der Waals surface area contributed by atoms with Crippen LogP contribution in [0.2, 0.25) is 5.02 Å². The predicted octanol–water partition coefficient (Wildman–Crippen LogP) is 1.98. The maximum atomic E-state index is 13.0. The minimum Gasteiger partial charge on any atom is -0.377 e. The molecule has 0 unspecified atom stereocenters. The Bertz CT molecular complexity index is 537. The van der Waals surface area contributed by atoms with Gasteiger partial charge < -0.3 is 9.64 Å². The van der Waals surface area contributed by atoms with Gasteiger partial charge in [-0.2, -0.15) is 5.26 Å². The van der Waals surface area contributed by atoms with Gasteiger partial charge in [0.25, 0.3) is 5.91 Å². The fourth-order valence-electron chi connectivity index (χ4n) is 1.67. The SMILES string of the molecule is CN(C(=O)C1(C#N)COC1)c1ccc(F)c(Cl)c1. The van der Waals surface area contributed by atoms with Crippen molar-refractivity contribution in [1.29, 1.82) is 5.26 Å². The maximum absolute atomic E-state index is 13.0. The second kappa shape index (κ2) is 4.56. The molecule has 0 spiro atoms. The molecular weight excluding hydrogens is 259 g/mol. The largest absolute Gasteiger partial charge is 0.377 e. The molecule has 1 aliphatic rings. The van der Waals surface area contributed by atoms with Crippen LogP contribution in [0.4, 0.5) is 10.1 Å². The van der Waals surface area contributed by atoms with Crippen LogP contribution in [0.1, 0.15) is 0 Å². The maximum Gasteiger partial charge on any atom is 0.252 e. The van der Waals surface area contributed by atoms with Crippen LogP contribution in [0.25, 0.3) is 0 Å². The molecule has 6 heteroatoms. The molecular formula is C12H10ClFN2O2. The Kier molecular flexibility index (Phi) is 3.24. The van der Waals surface area contributed by atoms with E-state index < -0.39 is 11.2 Å². The van der Waals surface area contributed by atoms with Crippen molar-refractivity contribution in [2.75, 3.05) is 25.2 Å². The number of anilines is 1. The lowest BCUT2D eigenvalue weighted by Crippen LogP contribution is -2.53. The van der Waals surface area contributed by atoms with Crippen molar-refractivity contribution in [3.05, 3.63) is 29.0 Å². The Labute approximate surface area is 109 Å². The normalized spacial score (nSPS) is 16.6. The van der Waals surface area contributed by atoms with E-state index in [1.165, 1.54) is 30.1 Å². The first-order chi connectivity index (χ1) is 8.50. The van der Waals surface area contributed by atoms with Crippen LogP contribution >= 0.6 is 11.6 Å². The molecule has 1 aliphatic heterocycles. The van der Waals surface area contributed by atoms with Crippen molar-refractivity contribution in [2.45, 2.75) is 0 Å². The Morgan fingerprint density at radius 2 is 2.28 bits per heavy atom. The molecule has 1 fully saturated rings. The monoisotopic (exact) mass is 268 g/mol. The van der Waals surface area contributed by atoms with Crippen LogP contribution in [-0.2, 0) is 9.53 Å². The van der Waals surface area contributed by atoms with Gasteiger partial charge in [0.15, 0.2) is 5.41 Å². The standard InChI is InChI=1S/C12H10ClFN2O2/c1-16(8-2-3-10(14)9(13)4-8)11(17)12(5-15)6-18-7-12/h2-4H,6-7H2,1H3. The molecule has 1 aromatic rings. The van der Waals surface area contributed by atoms with Gasteiger partial charge in [-0.3, -0.25) is 4.79 Å². The Hall–Kier alpha value is -1.64. The lowest BCUT2D eigenvalue weighted by Gasteiger charge is -2.36. The van der Waals surface area contributed by atoms with Crippen LogP contribution in [-0.4, -0.2) is 26.2 Å². The fraction of sp³-hybridized carbons (Fsp3) is 0.333. The highest BCUT2D eigenvalue weighted by Gasteiger charge is 2.48. The summed E-state index contributed by atoms with van der Waals surface area (Å²) >= 11 is 5.66. The minimum absolute atomic E-state index is 0.0667. The van der Waals surface area contributed by atoms with Gasteiger partial charge in [0, 0.05) is 12.7 Å².